The largest absolute Gasteiger partial charge is 0.388 e. The number of hydrogen-bond donors (Lipinski definition) is 2. The van der Waals surface area contributed by atoms with Crippen molar-refractivity contribution in [2.45, 2.75) is 18.9 Å². The summed E-state index contributed by atoms with van der Waals surface area (Å²) >= 11 is 0. The highest BCUT2D eigenvalue weighted by atomic mass is 14.8. The minimum absolute atomic E-state index is 0.258. The molecule has 64 valence electrons. The van der Waals surface area contributed by atoms with E-state index in [0.29, 0.717) is 0 Å². The van der Waals surface area contributed by atoms with Gasteiger partial charge in [0.05, 0.1) is 0 Å². The van der Waals surface area contributed by atoms with Gasteiger partial charge in [0, 0.05) is 18.8 Å². The summed E-state index contributed by atoms with van der Waals surface area (Å²) in [5.41, 5.74) is 9.84. The van der Waals surface area contributed by atoms with Crippen molar-refractivity contribution in [2.24, 2.45) is 5.73 Å². The van der Waals surface area contributed by atoms with Gasteiger partial charge in [0.25, 0.3) is 0 Å². The van der Waals surface area contributed by atoms with E-state index in [9.17, 15) is 0 Å². The third-order valence-electron chi connectivity index (χ3n) is 2.56. The lowest BCUT2D eigenvalue weighted by atomic mass is 10.1. The smallest absolute Gasteiger partial charge is 0.0341 e. The van der Waals surface area contributed by atoms with Crippen LogP contribution in [0.15, 0.2) is 18.2 Å². The molecule has 0 radical (unpaired) electrons. The van der Waals surface area contributed by atoms with Gasteiger partial charge in [-0.05, 0) is 36.1 Å². The van der Waals surface area contributed by atoms with Gasteiger partial charge in [-0.1, -0.05) is 6.07 Å². The highest BCUT2D eigenvalue weighted by Crippen LogP contribution is 2.30. The molecule has 1 aromatic rings. The molecule has 3 N–H and O–H groups in total. The first-order valence-electron chi connectivity index (χ1n) is 4.37. The van der Waals surface area contributed by atoms with Gasteiger partial charge in [-0.3, -0.25) is 0 Å². The van der Waals surface area contributed by atoms with Crippen molar-refractivity contribution in [1.29, 1.82) is 0 Å². The van der Waals surface area contributed by atoms with Crippen LogP contribution >= 0.6 is 0 Å². The van der Waals surface area contributed by atoms with Gasteiger partial charge < -0.3 is 11.1 Å². The molecule has 0 saturated heterocycles. The van der Waals surface area contributed by atoms with E-state index in [-0.39, 0.29) is 6.04 Å². The summed E-state index contributed by atoms with van der Waals surface area (Å²) in [7, 11) is 1.93. The van der Waals surface area contributed by atoms with Gasteiger partial charge >= 0.3 is 0 Å². The van der Waals surface area contributed by atoms with E-state index >= 15 is 0 Å². The molecule has 0 heterocycles. The van der Waals surface area contributed by atoms with Gasteiger partial charge in [-0.25, -0.2) is 0 Å². The monoisotopic (exact) mass is 162 g/mol. The lowest BCUT2D eigenvalue weighted by Crippen LogP contribution is -2.05. The van der Waals surface area contributed by atoms with Gasteiger partial charge in [0.1, 0.15) is 0 Å². The van der Waals surface area contributed by atoms with Crippen LogP contribution in [0.3, 0.4) is 0 Å². The van der Waals surface area contributed by atoms with Crippen molar-refractivity contribution in [1.82, 2.24) is 0 Å². The van der Waals surface area contributed by atoms with Gasteiger partial charge in [-0.15, -0.1) is 0 Å². The lowest BCUT2D eigenvalue weighted by Gasteiger charge is -2.06. The van der Waals surface area contributed by atoms with Crippen LogP contribution in [0.5, 0.6) is 0 Å². The Morgan fingerprint density at radius 2 is 2.33 bits per heavy atom. The molecule has 0 fully saturated rings. The quantitative estimate of drug-likeness (QED) is 0.659. The number of rotatable bonds is 1. The van der Waals surface area contributed by atoms with Crippen molar-refractivity contribution in [3.8, 4) is 0 Å². The second-order valence-electron chi connectivity index (χ2n) is 3.31. The second-order valence-corrected chi connectivity index (χ2v) is 3.31. The maximum Gasteiger partial charge on any atom is 0.0341 e. The van der Waals surface area contributed by atoms with Crippen LogP contribution in [-0.2, 0) is 6.42 Å². The molecule has 0 unspecified atom stereocenters. The lowest BCUT2D eigenvalue weighted by molar-refractivity contribution is 0.713. The molecular formula is C10H14N2. The Bertz CT molecular complexity index is 294. The average molecular weight is 162 g/mol. The minimum atomic E-state index is 0.258. The van der Waals surface area contributed by atoms with Crippen molar-refractivity contribution in [2.75, 3.05) is 12.4 Å². The van der Waals surface area contributed by atoms with E-state index in [1.807, 2.05) is 7.05 Å². The molecule has 2 nitrogen and oxygen atoms in total. The summed E-state index contributed by atoms with van der Waals surface area (Å²) in [5.74, 6) is 0. The Kier molecular flexibility index (Phi) is 1.77. The van der Waals surface area contributed by atoms with Gasteiger partial charge in [0.15, 0.2) is 0 Å². The van der Waals surface area contributed by atoms with Crippen LogP contribution in [-0.4, -0.2) is 7.05 Å². The van der Waals surface area contributed by atoms with Crippen LogP contribution in [0.1, 0.15) is 23.6 Å². The number of nitrogens with one attached hydrogen (secondary N) is 1. The highest BCUT2D eigenvalue weighted by molar-refractivity contribution is 5.50. The Morgan fingerprint density at radius 1 is 1.50 bits per heavy atom. The summed E-state index contributed by atoms with van der Waals surface area (Å²) < 4.78 is 0. The number of fused-ring (bicyclic) bond motifs is 1. The number of anilines is 1. The Balaban J connectivity index is 2.43. The fourth-order valence-corrected chi connectivity index (χ4v) is 1.79. The molecule has 1 atom stereocenters. The zero-order valence-corrected chi connectivity index (χ0v) is 7.30. The molecule has 2 rings (SSSR count). The fourth-order valence-electron chi connectivity index (χ4n) is 1.79. The molecule has 12 heavy (non-hydrogen) atoms. The normalized spacial score (nSPS) is 20.7. The molecular weight excluding hydrogens is 148 g/mol. The third kappa shape index (κ3) is 1.08. The molecule has 2 heteroatoms. The summed E-state index contributed by atoms with van der Waals surface area (Å²) in [5, 5.41) is 3.12. The van der Waals surface area contributed by atoms with E-state index in [1.165, 1.54) is 11.1 Å². The molecule has 0 bridgehead atoms. The first kappa shape index (κ1) is 7.62. The fraction of sp³-hybridized carbons (Fsp3) is 0.400. The van der Waals surface area contributed by atoms with Gasteiger partial charge in [0.2, 0.25) is 0 Å². The van der Waals surface area contributed by atoms with E-state index < -0.39 is 0 Å². The SMILES string of the molecule is CNc1ccc2c(c1)[C@H](N)CC2. The zero-order valence-electron chi connectivity index (χ0n) is 7.30. The topological polar surface area (TPSA) is 38.0 Å². The molecule has 0 saturated carbocycles. The van der Waals surface area contributed by atoms with Crippen LogP contribution in [0, 0.1) is 0 Å². The Morgan fingerprint density at radius 3 is 3.08 bits per heavy atom. The van der Waals surface area contributed by atoms with E-state index in [1.54, 1.807) is 0 Å². The Hall–Kier alpha value is -1.02. The van der Waals surface area contributed by atoms with Crippen LogP contribution in [0.25, 0.3) is 0 Å². The third-order valence-corrected chi connectivity index (χ3v) is 2.56. The molecule has 0 spiro atoms. The predicted molar refractivity (Wildman–Crippen MR) is 51.2 cm³/mol. The molecule has 1 aromatic carbocycles. The molecule has 0 amide bonds. The second kappa shape index (κ2) is 2.79. The Labute approximate surface area is 72.8 Å². The number of nitrogens with two attached hydrogens (primary N) is 1. The van der Waals surface area contributed by atoms with Crippen molar-refractivity contribution in [3.63, 3.8) is 0 Å². The number of benzene rings is 1. The molecule has 0 aromatic heterocycles. The maximum atomic E-state index is 5.94. The summed E-state index contributed by atoms with van der Waals surface area (Å²) in [6, 6.07) is 6.70. The van der Waals surface area contributed by atoms with E-state index in [0.717, 1.165) is 18.5 Å². The van der Waals surface area contributed by atoms with Gasteiger partial charge in [-0.2, -0.15) is 0 Å². The van der Waals surface area contributed by atoms with Crippen LogP contribution in [0.4, 0.5) is 5.69 Å². The standard InChI is InChI=1S/C10H14N2/c1-12-8-4-2-7-3-5-10(11)9(7)6-8/h2,4,6,10,12H,3,5,11H2,1H3/t10-/m1/s1. The van der Waals surface area contributed by atoms with Crippen molar-refractivity contribution in [3.05, 3.63) is 29.3 Å². The summed E-state index contributed by atoms with van der Waals surface area (Å²) in [6.07, 6.45) is 2.24. The minimum Gasteiger partial charge on any atom is -0.388 e. The first-order chi connectivity index (χ1) is 5.81. The molecule has 1 aliphatic carbocycles. The summed E-state index contributed by atoms with van der Waals surface area (Å²) in [4.78, 5) is 0. The van der Waals surface area contributed by atoms with Crippen molar-refractivity contribution < 1.29 is 0 Å². The average Bonchev–Trinajstić information content (AvgIpc) is 2.47. The first-order valence-corrected chi connectivity index (χ1v) is 4.37. The van der Waals surface area contributed by atoms with E-state index in [4.69, 9.17) is 5.73 Å². The summed E-state index contributed by atoms with van der Waals surface area (Å²) in [6.45, 7) is 0. The highest BCUT2D eigenvalue weighted by Gasteiger charge is 2.18. The van der Waals surface area contributed by atoms with E-state index in [2.05, 4.69) is 23.5 Å². The van der Waals surface area contributed by atoms with Crippen molar-refractivity contribution >= 4 is 5.69 Å². The molecule has 0 aliphatic heterocycles. The number of aryl methyl sites for hydroxylation is 1. The maximum absolute atomic E-state index is 5.94. The molecule has 1 aliphatic rings. The van der Waals surface area contributed by atoms with Crippen LogP contribution < -0.4 is 11.1 Å². The zero-order chi connectivity index (χ0) is 8.55. The van der Waals surface area contributed by atoms with Crippen LogP contribution in [0.2, 0.25) is 0 Å². The number of hydrogen-bond acceptors (Lipinski definition) is 2. The predicted octanol–water partition coefficient (Wildman–Crippen LogP) is 1.67.